The molecule has 216 valence electrons. The minimum atomic E-state index is -4.01. The molecule has 0 saturated carbocycles. The number of rotatable bonds is 9. The van der Waals surface area contributed by atoms with Crippen LogP contribution in [0.5, 0.6) is 0 Å². The largest absolute Gasteiger partial charge is 0.264 e. The SMILES string of the molecule is CC(C)[Si](CC1CN(S(=O)(=O)c2ccccc2)c2ccc(Br)cc2N1S(=O)(=O)c1ccccc1)(C(C)C)C(C)C. The second kappa shape index (κ2) is 11.6. The van der Waals surface area contributed by atoms with Gasteiger partial charge in [0.15, 0.2) is 0 Å². The molecule has 0 saturated heterocycles. The molecule has 0 aromatic heterocycles. The Labute approximate surface area is 249 Å². The summed E-state index contributed by atoms with van der Waals surface area (Å²) in [6, 6.07) is 22.1. The maximum Gasteiger partial charge on any atom is 0.264 e. The summed E-state index contributed by atoms with van der Waals surface area (Å²) in [6.07, 6.45) is 0. The van der Waals surface area contributed by atoms with E-state index in [9.17, 15) is 16.8 Å². The first-order valence-electron chi connectivity index (χ1n) is 13.7. The Morgan fingerprint density at radius 3 is 1.68 bits per heavy atom. The van der Waals surface area contributed by atoms with Crippen molar-refractivity contribution in [3.05, 3.63) is 83.3 Å². The molecule has 0 radical (unpaired) electrons. The zero-order valence-corrected chi connectivity index (χ0v) is 28.2. The molecule has 4 rings (SSSR count). The zero-order valence-electron chi connectivity index (χ0n) is 24.0. The van der Waals surface area contributed by atoms with E-state index in [1.165, 1.54) is 8.61 Å². The van der Waals surface area contributed by atoms with Gasteiger partial charge in [-0.15, -0.1) is 0 Å². The fraction of sp³-hybridized carbons (Fsp3) is 0.400. The van der Waals surface area contributed by atoms with E-state index >= 15 is 0 Å². The summed E-state index contributed by atoms with van der Waals surface area (Å²) >= 11 is 3.53. The second-order valence-electron chi connectivity index (χ2n) is 11.5. The van der Waals surface area contributed by atoms with E-state index < -0.39 is 34.2 Å². The first-order valence-corrected chi connectivity index (χ1v) is 19.8. The number of nitrogens with zero attached hydrogens (tertiary/aromatic N) is 2. The lowest BCUT2D eigenvalue weighted by atomic mass is 10.1. The number of sulfonamides is 2. The van der Waals surface area contributed by atoms with Crippen LogP contribution in [0.3, 0.4) is 0 Å². The van der Waals surface area contributed by atoms with Gasteiger partial charge < -0.3 is 0 Å². The molecule has 0 spiro atoms. The van der Waals surface area contributed by atoms with E-state index in [0.717, 1.165) is 0 Å². The monoisotopic (exact) mass is 662 g/mol. The molecule has 1 aliphatic rings. The average Bonchev–Trinajstić information content (AvgIpc) is 2.91. The van der Waals surface area contributed by atoms with Crippen molar-refractivity contribution in [3.63, 3.8) is 0 Å². The Bertz CT molecular complexity index is 1530. The van der Waals surface area contributed by atoms with Gasteiger partial charge in [-0.1, -0.05) is 110 Å². The van der Waals surface area contributed by atoms with E-state index in [4.69, 9.17) is 0 Å². The van der Waals surface area contributed by atoms with Crippen LogP contribution in [-0.4, -0.2) is 37.5 Å². The molecule has 0 amide bonds. The number of fused-ring (bicyclic) bond motifs is 1. The Morgan fingerprint density at radius 2 is 1.20 bits per heavy atom. The van der Waals surface area contributed by atoms with Gasteiger partial charge in [0.2, 0.25) is 0 Å². The number of hydrogen-bond donors (Lipinski definition) is 0. The van der Waals surface area contributed by atoms with Gasteiger partial charge in [0.25, 0.3) is 20.0 Å². The molecule has 0 N–H and O–H groups in total. The van der Waals surface area contributed by atoms with Crippen LogP contribution in [-0.2, 0) is 20.0 Å². The highest BCUT2D eigenvalue weighted by molar-refractivity contribution is 9.10. The van der Waals surface area contributed by atoms with Crippen LogP contribution in [0, 0.1) is 0 Å². The minimum Gasteiger partial charge on any atom is -0.262 e. The maximum absolute atomic E-state index is 14.5. The number of hydrogen-bond acceptors (Lipinski definition) is 4. The first-order chi connectivity index (χ1) is 18.7. The van der Waals surface area contributed by atoms with Crippen LogP contribution in [0.15, 0.2) is 93.1 Å². The third-order valence-corrected chi connectivity index (χ3v) is 20.4. The van der Waals surface area contributed by atoms with Crippen LogP contribution in [0.25, 0.3) is 0 Å². The normalized spacial score (nSPS) is 16.6. The van der Waals surface area contributed by atoms with E-state index in [-0.39, 0.29) is 16.3 Å². The van der Waals surface area contributed by atoms with Crippen LogP contribution >= 0.6 is 15.9 Å². The van der Waals surface area contributed by atoms with E-state index in [0.29, 0.717) is 38.5 Å². The van der Waals surface area contributed by atoms with E-state index in [1.54, 1.807) is 78.9 Å². The molecule has 1 heterocycles. The Morgan fingerprint density at radius 1 is 0.725 bits per heavy atom. The number of anilines is 2. The standard InChI is InChI=1S/C30H39BrN2O4S2Si/c1-22(2)40(23(3)4,24(5)6)21-26-20-32(38(34,35)27-13-9-7-10-14-27)29-18-17-25(31)19-30(29)33(26)39(36,37)28-15-11-8-12-16-28/h7-19,22-24,26H,20-21H2,1-6H3. The van der Waals surface area contributed by atoms with Gasteiger partial charge in [0.1, 0.15) is 0 Å². The second-order valence-corrected chi connectivity index (χ2v) is 22.2. The lowest BCUT2D eigenvalue weighted by Gasteiger charge is -2.50. The predicted octanol–water partition coefficient (Wildman–Crippen LogP) is 7.90. The van der Waals surface area contributed by atoms with Gasteiger partial charge in [-0.3, -0.25) is 8.61 Å². The maximum atomic E-state index is 14.5. The van der Waals surface area contributed by atoms with Gasteiger partial charge in [0.05, 0.1) is 41.8 Å². The summed E-state index contributed by atoms with van der Waals surface area (Å²) in [5.41, 5.74) is 1.84. The molecule has 0 aliphatic carbocycles. The number of halogens is 1. The third kappa shape index (κ3) is 5.40. The van der Waals surface area contributed by atoms with Crippen LogP contribution in [0.2, 0.25) is 22.7 Å². The minimum absolute atomic E-state index is 0.0405. The smallest absolute Gasteiger partial charge is 0.262 e. The van der Waals surface area contributed by atoms with Gasteiger partial charge in [-0.05, 0) is 48.5 Å². The molecule has 0 bridgehead atoms. The van der Waals surface area contributed by atoms with Crippen LogP contribution in [0.1, 0.15) is 41.5 Å². The Hall–Kier alpha value is -2.14. The molecule has 3 aromatic rings. The molecule has 1 unspecified atom stereocenters. The summed E-state index contributed by atoms with van der Waals surface area (Å²) < 4.78 is 60.8. The van der Waals surface area contributed by atoms with Crippen molar-refractivity contribution in [2.45, 2.75) is 80.0 Å². The molecule has 10 heteroatoms. The Kier molecular flexibility index (Phi) is 8.95. The summed E-state index contributed by atoms with van der Waals surface area (Å²) in [5.74, 6) is 0. The Balaban J connectivity index is 2.01. The molecular weight excluding hydrogens is 624 g/mol. The van der Waals surface area contributed by atoms with Gasteiger partial charge in [-0.2, -0.15) is 0 Å². The highest BCUT2D eigenvalue weighted by atomic mass is 79.9. The summed E-state index contributed by atoms with van der Waals surface area (Å²) in [7, 11) is -10.1. The van der Waals surface area contributed by atoms with Gasteiger partial charge in [-0.25, -0.2) is 16.8 Å². The molecule has 1 aliphatic heterocycles. The van der Waals surface area contributed by atoms with Crippen LogP contribution < -0.4 is 8.61 Å². The topological polar surface area (TPSA) is 74.8 Å². The summed E-state index contributed by atoms with van der Waals surface area (Å²) in [5, 5.41) is 0. The molecule has 0 fully saturated rings. The van der Waals surface area contributed by atoms with E-state index in [2.05, 4.69) is 57.5 Å². The van der Waals surface area contributed by atoms with Crippen molar-refractivity contribution in [3.8, 4) is 0 Å². The zero-order chi connectivity index (χ0) is 29.5. The highest BCUT2D eigenvalue weighted by Crippen LogP contribution is 2.50. The van der Waals surface area contributed by atoms with Crippen molar-refractivity contribution in [1.29, 1.82) is 0 Å². The lowest BCUT2D eigenvalue weighted by molar-refractivity contribution is 0.563. The van der Waals surface area contributed by atoms with Gasteiger partial charge >= 0.3 is 0 Å². The summed E-state index contributed by atoms with van der Waals surface area (Å²) in [4.78, 5) is 0.373. The van der Waals surface area contributed by atoms with Crippen molar-refractivity contribution in [2.24, 2.45) is 0 Å². The third-order valence-electron chi connectivity index (χ3n) is 8.60. The highest BCUT2D eigenvalue weighted by Gasteiger charge is 2.50. The van der Waals surface area contributed by atoms with E-state index in [1.807, 2.05) is 0 Å². The quantitative estimate of drug-likeness (QED) is 0.218. The molecule has 3 aromatic carbocycles. The molecule has 1 atom stereocenters. The van der Waals surface area contributed by atoms with Crippen molar-refractivity contribution in [2.75, 3.05) is 15.2 Å². The average molecular weight is 664 g/mol. The fourth-order valence-electron chi connectivity index (χ4n) is 6.69. The summed E-state index contributed by atoms with van der Waals surface area (Å²) in [6.45, 7) is 13.5. The van der Waals surface area contributed by atoms with Crippen molar-refractivity contribution < 1.29 is 16.8 Å². The predicted molar refractivity (Wildman–Crippen MR) is 171 cm³/mol. The molecule has 6 nitrogen and oxygen atoms in total. The molecular formula is C30H39BrN2O4S2Si. The number of benzene rings is 3. The molecule has 40 heavy (non-hydrogen) atoms. The van der Waals surface area contributed by atoms with Crippen molar-refractivity contribution in [1.82, 2.24) is 0 Å². The van der Waals surface area contributed by atoms with Crippen molar-refractivity contribution >= 4 is 55.4 Å². The fourth-order valence-corrected chi connectivity index (χ4v) is 16.9. The lowest BCUT2D eigenvalue weighted by Crippen LogP contribution is -2.58. The van der Waals surface area contributed by atoms with Crippen LogP contribution in [0.4, 0.5) is 11.4 Å². The van der Waals surface area contributed by atoms with Gasteiger partial charge in [0, 0.05) is 4.47 Å². The first kappa shape index (κ1) is 30.8.